The van der Waals surface area contributed by atoms with Crippen LogP contribution in [0.1, 0.15) is 290 Å². The van der Waals surface area contributed by atoms with Crippen LogP contribution >= 0.6 is 7.82 Å². The first-order valence-electron chi connectivity index (χ1n) is 28.9. The van der Waals surface area contributed by atoms with Crippen LogP contribution in [0, 0.1) is 0 Å². The van der Waals surface area contributed by atoms with E-state index in [1.807, 2.05) is 21.1 Å². The van der Waals surface area contributed by atoms with Crippen molar-refractivity contribution < 1.29 is 42.1 Å². The molecule has 67 heavy (non-hydrogen) atoms. The molecule has 10 heteroatoms. The topological polar surface area (TPSA) is 111 Å². The molecule has 0 saturated heterocycles. The number of hydrogen-bond donors (Lipinski definition) is 0. The molecule has 0 N–H and O–H groups in total. The monoisotopic (exact) mass is 970 g/mol. The number of hydrogen-bond acceptors (Lipinski definition) is 8. The molecular formula is C57H112NO8P. The first-order chi connectivity index (χ1) is 32.5. The maximum atomic E-state index is 12.7. The number of carbonyl (C=O) groups excluding carboxylic acids is 2. The summed E-state index contributed by atoms with van der Waals surface area (Å²) in [6, 6.07) is 0. The van der Waals surface area contributed by atoms with Gasteiger partial charge in [-0.25, -0.2) is 0 Å². The van der Waals surface area contributed by atoms with Crippen molar-refractivity contribution in [1.29, 1.82) is 0 Å². The van der Waals surface area contributed by atoms with Gasteiger partial charge in [0.1, 0.15) is 19.8 Å². The number of likely N-dealkylation sites (N-methyl/N-ethyl adjacent to an activating group) is 1. The summed E-state index contributed by atoms with van der Waals surface area (Å²) in [5, 5.41) is 0. The lowest BCUT2D eigenvalue weighted by molar-refractivity contribution is -0.870. The van der Waals surface area contributed by atoms with Gasteiger partial charge in [0.25, 0.3) is 7.82 Å². The van der Waals surface area contributed by atoms with Crippen molar-refractivity contribution in [2.75, 3.05) is 47.5 Å². The van der Waals surface area contributed by atoms with Gasteiger partial charge < -0.3 is 27.9 Å². The number of quaternary nitrogens is 1. The van der Waals surface area contributed by atoms with Crippen LogP contribution in [0.2, 0.25) is 0 Å². The standard InChI is InChI=1S/C57H112NO8P/c1-6-8-10-12-14-16-18-19-20-21-22-23-24-25-26-27-28-29-30-31-32-33-34-35-36-37-38-39-40-42-44-46-48-50-57(60)66-55(54-65-67(61,62)64-52-51-58(3,4)5)53-63-56(59)49-47-45-43-41-17-15-13-11-9-7-2/h21-22,55H,6-20,23-54H2,1-5H3/b22-21-. The Kier molecular flexibility index (Phi) is 48.8. The van der Waals surface area contributed by atoms with Gasteiger partial charge in [-0.05, 0) is 38.5 Å². The number of unbranched alkanes of at least 4 members (excludes halogenated alkanes) is 38. The number of phosphoric acid groups is 1. The van der Waals surface area contributed by atoms with Gasteiger partial charge in [-0.3, -0.25) is 14.2 Å². The molecule has 0 rings (SSSR count). The molecule has 398 valence electrons. The molecule has 0 aromatic carbocycles. The molecule has 0 amide bonds. The lowest BCUT2D eigenvalue weighted by atomic mass is 10.0. The van der Waals surface area contributed by atoms with Gasteiger partial charge in [0.15, 0.2) is 6.10 Å². The molecule has 0 aliphatic rings. The summed E-state index contributed by atoms with van der Waals surface area (Å²) in [4.78, 5) is 37.6. The van der Waals surface area contributed by atoms with Crippen LogP contribution in [0.3, 0.4) is 0 Å². The van der Waals surface area contributed by atoms with E-state index in [-0.39, 0.29) is 32.0 Å². The molecule has 0 aromatic rings. The fraction of sp³-hybridized carbons (Fsp3) is 0.930. The number of nitrogens with zero attached hydrogens (tertiary/aromatic N) is 1. The van der Waals surface area contributed by atoms with E-state index in [1.165, 1.54) is 225 Å². The van der Waals surface area contributed by atoms with Gasteiger partial charge in [-0.15, -0.1) is 0 Å². The van der Waals surface area contributed by atoms with E-state index < -0.39 is 26.5 Å². The number of carbonyl (C=O) groups is 2. The fourth-order valence-electron chi connectivity index (χ4n) is 8.54. The van der Waals surface area contributed by atoms with Crippen LogP contribution in [-0.2, 0) is 32.7 Å². The summed E-state index contributed by atoms with van der Waals surface area (Å²) in [5.41, 5.74) is 0. The number of phosphoric ester groups is 1. The average Bonchev–Trinajstić information content (AvgIpc) is 3.29. The summed E-state index contributed by atoms with van der Waals surface area (Å²) in [7, 11) is 1.18. The van der Waals surface area contributed by atoms with Gasteiger partial charge >= 0.3 is 11.9 Å². The van der Waals surface area contributed by atoms with E-state index in [2.05, 4.69) is 26.0 Å². The predicted octanol–water partition coefficient (Wildman–Crippen LogP) is 17.0. The van der Waals surface area contributed by atoms with E-state index in [9.17, 15) is 19.0 Å². The minimum Gasteiger partial charge on any atom is -0.756 e. The van der Waals surface area contributed by atoms with Crippen molar-refractivity contribution >= 4 is 19.8 Å². The van der Waals surface area contributed by atoms with Crippen molar-refractivity contribution in [2.24, 2.45) is 0 Å². The molecule has 0 aliphatic heterocycles. The summed E-state index contributed by atoms with van der Waals surface area (Å²) >= 11 is 0. The maximum Gasteiger partial charge on any atom is 0.306 e. The third-order valence-electron chi connectivity index (χ3n) is 13.0. The quantitative estimate of drug-likeness (QED) is 0.0195. The van der Waals surface area contributed by atoms with Gasteiger partial charge in [-0.2, -0.15) is 0 Å². The van der Waals surface area contributed by atoms with Gasteiger partial charge in [0.2, 0.25) is 0 Å². The normalized spacial score (nSPS) is 13.3. The Labute approximate surface area is 416 Å². The van der Waals surface area contributed by atoms with Crippen molar-refractivity contribution in [3.63, 3.8) is 0 Å². The minimum atomic E-state index is -4.62. The molecule has 0 spiro atoms. The Morgan fingerprint density at radius 3 is 1.10 bits per heavy atom. The first kappa shape index (κ1) is 65.8. The van der Waals surface area contributed by atoms with E-state index in [4.69, 9.17) is 18.5 Å². The van der Waals surface area contributed by atoms with Crippen molar-refractivity contribution in [3.8, 4) is 0 Å². The second kappa shape index (κ2) is 49.7. The Morgan fingerprint density at radius 2 is 0.761 bits per heavy atom. The molecule has 0 aliphatic carbocycles. The van der Waals surface area contributed by atoms with Crippen LogP contribution in [0.4, 0.5) is 0 Å². The van der Waals surface area contributed by atoms with Crippen molar-refractivity contribution in [1.82, 2.24) is 0 Å². The molecule has 0 saturated carbocycles. The zero-order chi connectivity index (χ0) is 49.2. The molecule has 2 atom stereocenters. The highest BCUT2D eigenvalue weighted by Gasteiger charge is 2.22. The number of ether oxygens (including phenoxy) is 2. The smallest absolute Gasteiger partial charge is 0.306 e. The minimum absolute atomic E-state index is 0.0264. The second-order valence-electron chi connectivity index (χ2n) is 21.0. The highest BCUT2D eigenvalue weighted by atomic mass is 31.2. The maximum absolute atomic E-state index is 12.7. The number of allylic oxidation sites excluding steroid dienone is 2. The lowest BCUT2D eigenvalue weighted by Crippen LogP contribution is -2.37. The van der Waals surface area contributed by atoms with Crippen LogP contribution in [0.15, 0.2) is 12.2 Å². The van der Waals surface area contributed by atoms with Gasteiger partial charge in [0, 0.05) is 12.8 Å². The highest BCUT2D eigenvalue weighted by Crippen LogP contribution is 2.38. The van der Waals surface area contributed by atoms with E-state index >= 15 is 0 Å². The Bertz CT molecular complexity index is 1140. The molecule has 2 unspecified atom stereocenters. The highest BCUT2D eigenvalue weighted by molar-refractivity contribution is 7.45. The van der Waals surface area contributed by atoms with Gasteiger partial charge in [0.05, 0.1) is 27.7 Å². The molecule has 0 heterocycles. The summed E-state index contributed by atoms with van der Waals surface area (Å²) < 4.78 is 34.0. The van der Waals surface area contributed by atoms with Crippen LogP contribution in [0.25, 0.3) is 0 Å². The SMILES string of the molecule is CCCCCCCCCC/C=C\CCCCCCCCCCCCCCCCCCCCCCCC(=O)OC(COC(=O)CCCCCCCCCCCC)COP(=O)([O-])OCC[N+](C)(C)C. The molecule has 0 bridgehead atoms. The van der Waals surface area contributed by atoms with Crippen LogP contribution in [-0.4, -0.2) is 70.0 Å². The summed E-state index contributed by atoms with van der Waals surface area (Å²) in [6.45, 7) is 4.26. The largest absolute Gasteiger partial charge is 0.756 e. The van der Waals surface area contributed by atoms with E-state index in [1.54, 1.807) is 0 Å². The van der Waals surface area contributed by atoms with Gasteiger partial charge in [-0.1, -0.05) is 251 Å². The van der Waals surface area contributed by atoms with Crippen LogP contribution < -0.4 is 4.89 Å². The summed E-state index contributed by atoms with van der Waals surface area (Å²) in [6.07, 6.45) is 57.2. The molecule has 0 fully saturated rings. The van der Waals surface area contributed by atoms with Crippen LogP contribution in [0.5, 0.6) is 0 Å². The first-order valence-corrected chi connectivity index (χ1v) is 30.4. The average molecular weight is 970 g/mol. The summed E-state index contributed by atoms with van der Waals surface area (Å²) in [5.74, 6) is -0.819. The van der Waals surface area contributed by atoms with E-state index in [0.717, 1.165) is 32.1 Å². The number of esters is 2. The molecule has 0 radical (unpaired) electrons. The zero-order valence-corrected chi connectivity index (χ0v) is 46.0. The Morgan fingerprint density at radius 1 is 0.448 bits per heavy atom. The number of rotatable bonds is 54. The lowest BCUT2D eigenvalue weighted by Gasteiger charge is -2.28. The third-order valence-corrected chi connectivity index (χ3v) is 14.0. The molecular weight excluding hydrogens is 858 g/mol. The molecule has 9 nitrogen and oxygen atoms in total. The van der Waals surface area contributed by atoms with Crippen molar-refractivity contribution in [3.05, 3.63) is 12.2 Å². The molecule has 0 aromatic heterocycles. The predicted molar refractivity (Wildman–Crippen MR) is 282 cm³/mol. The van der Waals surface area contributed by atoms with Crippen molar-refractivity contribution in [2.45, 2.75) is 296 Å². The Hall–Kier alpha value is -1.25. The Balaban J connectivity index is 3.91. The third kappa shape index (κ3) is 53.9. The second-order valence-corrected chi connectivity index (χ2v) is 22.4. The van der Waals surface area contributed by atoms with E-state index in [0.29, 0.717) is 17.4 Å². The zero-order valence-electron chi connectivity index (χ0n) is 45.1. The fourth-order valence-corrected chi connectivity index (χ4v) is 9.26.